The number of ether oxygens (including phenoxy) is 1. The number of nitrogens with one attached hydrogen (secondary N) is 1. The number of anilines is 1. The number of carbonyl (C=O) groups excluding carboxylic acids is 1. The van der Waals surface area contributed by atoms with Gasteiger partial charge in [0.1, 0.15) is 17.3 Å². The first-order valence-electron chi connectivity index (χ1n) is 11.1. The smallest absolute Gasteiger partial charge is 0.257 e. The Morgan fingerprint density at radius 1 is 0.824 bits per heavy atom. The highest BCUT2D eigenvalue weighted by Crippen LogP contribution is 2.37. The van der Waals surface area contributed by atoms with Gasteiger partial charge in [0, 0.05) is 22.6 Å². The van der Waals surface area contributed by atoms with Crippen LogP contribution in [0.15, 0.2) is 97.1 Å². The van der Waals surface area contributed by atoms with E-state index in [0.717, 1.165) is 56.5 Å². The van der Waals surface area contributed by atoms with E-state index < -0.39 is 0 Å². The Hall–Kier alpha value is -4.03. The molecule has 0 atom stereocenters. The maximum absolute atomic E-state index is 13.4. The predicted molar refractivity (Wildman–Crippen MR) is 137 cm³/mol. The molecule has 0 spiro atoms. The average molecular weight is 464 g/mol. The van der Waals surface area contributed by atoms with Crippen molar-refractivity contribution in [2.75, 3.05) is 5.32 Å². The average Bonchev–Trinajstić information content (AvgIpc) is 3.47. The number of carbonyl (C=O) groups is 1. The van der Waals surface area contributed by atoms with Crippen LogP contribution in [0.4, 0.5) is 5.82 Å². The topological polar surface area (TPSA) is 56.2 Å². The van der Waals surface area contributed by atoms with Crippen LogP contribution in [0.3, 0.4) is 0 Å². The van der Waals surface area contributed by atoms with Crippen LogP contribution >= 0.6 is 11.8 Å². The summed E-state index contributed by atoms with van der Waals surface area (Å²) in [4.78, 5) is 13.4. The van der Waals surface area contributed by atoms with Gasteiger partial charge in [-0.1, -0.05) is 54.6 Å². The van der Waals surface area contributed by atoms with Crippen molar-refractivity contribution in [2.45, 2.75) is 11.5 Å². The fourth-order valence-electron chi connectivity index (χ4n) is 4.21. The molecule has 34 heavy (non-hydrogen) atoms. The molecular weight excluding hydrogens is 442 g/mol. The van der Waals surface area contributed by atoms with Gasteiger partial charge in [-0.2, -0.15) is 16.9 Å². The molecule has 1 amide bonds. The number of hydrogen-bond acceptors (Lipinski definition) is 4. The van der Waals surface area contributed by atoms with Crippen LogP contribution in [0.5, 0.6) is 11.5 Å². The molecule has 0 saturated heterocycles. The molecule has 0 fully saturated rings. The SMILES string of the molecule is O=C(Nc1c2c(nn1-c1ccc(Oc3ccccc3)cc1)CSC2)c1cccc2ccccc12. The van der Waals surface area contributed by atoms with Crippen molar-refractivity contribution in [3.8, 4) is 17.2 Å². The van der Waals surface area contributed by atoms with Crippen LogP contribution in [0.2, 0.25) is 0 Å². The molecule has 0 bridgehead atoms. The van der Waals surface area contributed by atoms with Gasteiger partial charge in [-0.3, -0.25) is 4.79 Å². The Balaban J connectivity index is 1.33. The molecule has 1 aliphatic rings. The normalized spacial score (nSPS) is 12.5. The summed E-state index contributed by atoms with van der Waals surface area (Å²) in [6.45, 7) is 0. The Morgan fingerprint density at radius 3 is 2.41 bits per heavy atom. The predicted octanol–water partition coefficient (Wildman–Crippen LogP) is 6.82. The van der Waals surface area contributed by atoms with E-state index in [-0.39, 0.29) is 5.91 Å². The van der Waals surface area contributed by atoms with E-state index in [9.17, 15) is 4.79 Å². The number of hydrogen-bond donors (Lipinski definition) is 1. The second-order valence-corrected chi connectivity index (χ2v) is 9.05. The molecule has 0 aliphatic carbocycles. The summed E-state index contributed by atoms with van der Waals surface area (Å²) in [5.74, 6) is 3.79. The Morgan fingerprint density at radius 2 is 1.56 bits per heavy atom. The number of rotatable bonds is 5. The molecule has 0 saturated carbocycles. The minimum Gasteiger partial charge on any atom is -0.457 e. The fourth-order valence-corrected chi connectivity index (χ4v) is 5.24. The third-order valence-electron chi connectivity index (χ3n) is 5.88. The lowest BCUT2D eigenvalue weighted by molar-refractivity contribution is 0.102. The van der Waals surface area contributed by atoms with Crippen LogP contribution in [-0.2, 0) is 11.5 Å². The molecule has 5 aromatic rings. The molecule has 1 N–H and O–H groups in total. The molecule has 166 valence electrons. The van der Waals surface area contributed by atoms with Gasteiger partial charge >= 0.3 is 0 Å². The molecule has 6 heteroatoms. The lowest BCUT2D eigenvalue weighted by Gasteiger charge is -2.13. The Labute approximate surface area is 201 Å². The van der Waals surface area contributed by atoms with Crippen molar-refractivity contribution in [3.05, 3.63) is 114 Å². The van der Waals surface area contributed by atoms with E-state index in [0.29, 0.717) is 5.56 Å². The van der Waals surface area contributed by atoms with Gasteiger partial charge in [-0.05, 0) is 53.2 Å². The fraction of sp³-hybridized carbons (Fsp3) is 0.0714. The summed E-state index contributed by atoms with van der Waals surface area (Å²) in [7, 11) is 0. The molecule has 0 unspecified atom stereocenters. The first-order chi connectivity index (χ1) is 16.8. The molecule has 5 nitrogen and oxygen atoms in total. The number of nitrogens with zero attached hydrogens (tertiary/aromatic N) is 2. The zero-order valence-corrected chi connectivity index (χ0v) is 19.1. The maximum Gasteiger partial charge on any atom is 0.257 e. The number of para-hydroxylation sites is 1. The second-order valence-electron chi connectivity index (χ2n) is 8.07. The van der Waals surface area contributed by atoms with Crippen molar-refractivity contribution in [2.24, 2.45) is 0 Å². The van der Waals surface area contributed by atoms with E-state index in [4.69, 9.17) is 9.84 Å². The monoisotopic (exact) mass is 463 g/mol. The molecule has 0 radical (unpaired) electrons. The number of aromatic nitrogens is 2. The van der Waals surface area contributed by atoms with Crippen molar-refractivity contribution in [3.63, 3.8) is 0 Å². The summed E-state index contributed by atoms with van der Waals surface area (Å²) in [6.07, 6.45) is 0. The van der Waals surface area contributed by atoms with Gasteiger partial charge in [0.25, 0.3) is 5.91 Å². The third-order valence-corrected chi connectivity index (χ3v) is 6.85. The highest BCUT2D eigenvalue weighted by Gasteiger charge is 2.25. The first kappa shape index (κ1) is 20.6. The van der Waals surface area contributed by atoms with Crippen LogP contribution in [0.25, 0.3) is 16.5 Å². The van der Waals surface area contributed by atoms with E-state index in [1.165, 1.54) is 0 Å². The van der Waals surface area contributed by atoms with Crippen molar-refractivity contribution in [1.82, 2.24) is 9.78 Å². The van der Waals surface area contributed by atoms with Gasteiger partial charge in [-0.15, -0.1) is 0 Å². The van der Waals surface area contributed by atoms with Crippen molar-refractivity contribution >= 4 is 34.3 Å². The molecule has 4 aromatic carbocycles. The zero-order valence-electron chi connectivity index (χ0n) is 18.3. The molecule has 2 heterocycles. The first-order valence-corrected chi connectivity index (χ1v) is 12.2. The van der Waals surface area contributed by atoms with Crippen LogP contribution in [0.1, 0.15) is 21.6 Å². The molecule has 1 aliphatic heterocycles. The maximum atomic E-state index is 13.4. The summed E-state index contributed by atoms with van der Waals surface area (Å²) >= 11 is 1.81. The van der Waals surface area contributed by atoms with Crippen molar-refractivity contribution < 1.29 is 9.53 Å². The van der Waals surface area contributed by atoms with Gasteiger partial charge in [0.15, 0.2) is 0 Å². The number of benzene rings is 4. The molecule has 1 aromatic heterocycles. The summed E-state index contributed by atoms with van der Waals surface area (Å²) in [5.41, 5.74) is 3.62. The van der Waals surface area contributed by atoms with Gasteiger partial charge in [0.2, 0.25) is 0 Å². The standard InChI is InChI=1S/C28H21N3O2S/c32-28(24-12-6-8-19-7-4-5-11-23(19)24)29-27-25-17-34-18-26(25)30-31(27)20-13-15-22(16-14-20)33-21-9-2-1-3-10-21/h1-16H,17-18H2,(H,29,32). The summed E-state index contributed by atoms with van der Waals surface area (Å²) < 4.78 is 7.75. The molecule has 6 rings (SSSR count). The highest BCUT2D eigenvalue weighted by atomic mass is 32.2. The van der Waals surface area contributed by atoms with E-state index in [1.54, 1.807) is 0 Å². The minimum absolute atomic E-state index is 0.137. The van der Waals surface area contributed by atoms with E-state index in [1.807, 2.05) is 114 Å². The quantitative estimate of drug-likeness (QED) is 0.311. The summed E-state index contributed by atoms with van der Waals surface area (Å²) in [5, 5.41) is 9.97. The van der Waals surface area contributed by atoms with Gasteiger partial charge in [-0.25, -0.2) is 4.68 Å². The highest BCUT2D eigenvalue weighted by molar-refractivity contribution is 7.98. The van der Waals surface area contributed by atoms with Gasteiger partial charge in [0.05, 0.1) is 11.4 Å². The van der Waals surface area contributed by atoms with Crippen LogP contribution < -0.4 is 10.1 Å². The van der Waals surface area contributed by atoms with Gasteiger partial charge < -0.3 is 10.1 Å². The summed E-state index contributed by atoms with van der Waals surface area (Å²) in [6, 6.07) is 31.2. The zero-order chi connectivity index (χ0) is 22.9. The minimum atomic E-state index is -0.137. The lowest BCUT2D eigenvalue weighted by Crippen LogP contribution is -2.16. The van der Waals surface area contributed by atoms with Crippen molar-refractivity contribution in [1.29, 1.82) is 0 Å². The second kappa shape index (κ2) is 8.72. The Bertz CT molecular complexity index is 1490. The Kier molecular flexibility index (Phi) is 5.28. The number of thioether (sulfide) groups is 1. The largest absolute Gasteiger partial charge is 0.457 e. The lowest BCUT2D eigenvalue weighted by atomic mass is 10.0. The van der Waals surface area contributed by atoms with Crippen LogP contribution in [0, 0.1) is 0 Å². The third kappa shape index (κ3) is 3.82. The number of fused-ring (bicyclic) bond motifs is 2. The van der Waals surface area contributed by atoms with Crippen LogP contribution in [-0.4, -0.2) is 15.7 Å². The van der Waals surface area contributed by atoms with E-state index >= 15 is 0 Å². The van der Waals surface area contributed by atoms with E-state index in [2.05, 4.69) is 5.32 Å². The number of amides is 1. The molecular formula is C28H21N3O2S.